The van der Waals surface area contributed by atoms with E-state index in [1.54, 1.807) is 6.92 Å². The second-order valence-electron chi connectivity index (χ2n) is 10.2. The number of fused-ring (bicyclic) bond motifs is 3. The molecular formula is C27H35N3O3. The van der Waals surface area contributed by atoms with Gasteiger partial charge in [0.25, 0.3) is 5.56 Å². The van der Waals surface area contributed by atoms with Crippen LogP contribution >= 0.6 is 0 Å². The molecule has 1 aromatic heterocycles. The number of esters is 1. The Balaban J connectivity index is 1.44. The van der Waals surface area contributed by atoms with Crippen molar-refractivity contribution < 1.29 is 9.53 Å². The van der Waals surface area contributed by atoms with Crippen LogP contribution in [0.2, 0.25) is 0 Å². The number of hydrogen-bond donors (Lipinski definition) is 0. The molecule has 0 N–H and O–H groups in total. The third-order valence-corrected chi connectivity index (χ3v) is 8.21. The average Bonchev–Trinajstić information content (AvgIpc) is 3.08. The maximum atomic E-state index is 13.5. The van der Waals surface area contributed by atoms with Crippen LogP contribution in [0.5, 0.6) is 0 Å². The average molecular weight is 450 g/mol. The van der Waals surface area contributed by atoms with E-state index in [1.165, 1.54) is 44.1 Å². The van der Waals surface area contributed by atoms with Crippen LogP contribution < -0.4 is 5.56 Å². The number of allylic oxidation sites excluding steroid dienone is 1. The van der Waals surface area contributed by atoms with E-state index in [9.17, 15) is 9.59 Å². The number of hydrogen-bond acceptors (Lipinski definition) is 5. The summed E-state index contributed by atoms with van der Waals surface area (Å²) in [4.78, 5) is 33.2. The summed E-state index contributed by atoms with van der Waals surface area (Å²) in [6.07, 6.45) is 9.29. The highest BCUT2D eigenvalue weighted by Gasteiger charge is 2.45. The molecule has 2 saturated heterocycles. The zero-order chi connectivity index (χ0) is 23.1. The summed E-state index contributed by atoms with van der Waals surface area (Å²) < 4.78 is 7.00. The van der Waals surface area contributed by atoms with Gasteiger partial charge < -0.3 is 9.30 Å². The summed E-state index contributed by atoms with van der Waals surface area (Å²) in [7, 11) is 0. The van der Waals surface area contributed by atoms with Gasteiger partial charge in [0.15, 0.2) is 0 Å². The predicted octanol–water partition coefficient (Wildman–Crippen LogP) is 4.88. The quantitative estimate of drug-likeness (QED) is 0.481. The van der Waals surface area contributed by atoms with E-state index in [0.717, 1.165) is 18.4 Å². The van der Waals surface area contributed by atoms with E-state index in [4.69, 9.17) is 4.74 Å². The Morgan fingerprint density at radius 3 is 2.30 bits per heavy atom. The van der Waals surface area contributed by atoms with Crippen LogP contribution in [-0.2, 0) is 4.74 Å². The molecule has 2 bridgehead atoms. The summed E-state index contributed by atoms with van der Waals surface area (Å²) in [5.74, 6) is 0.0520. The fraction of sp³-hybridized carbons (Fsp3) is 0.593. The summed E-state index contributed by atoms with van der Waals surface area (Å²) in [6.45, 7) is 8.32. The van der Waals surface area contributed by atoms with Crippen LogP contribution in [-0.4, -0.2) is 45.2 Å². The first-order valence-electron chi connectivity index (χ1n) is 12.6. The predicted molar refractivity (Wildman–Crippen MR) is 129 cm³/mol. The molecule has 3 aliphatic rings. The van der Waals surface area contributed by atoms with E-state index in [2.05, 4.69) is 23.4 Å². The molecule has 3 atom stereocenters. The Morgan fingerprint density at radius 2 is 1.67 bits per heavy atom. The molecule has 0 amide bonds. The molecule has 5 rings (SSSR count). The number of ether oxygens (including phenoxy) is 1. The lowest BCUT2D eigenvalue weighted by Gasteiger charge is -2.46. The van der Waals surface area contributed by atoms with Gasteiger partial charge in [-0.1, -0.05) is 24.3 Å². The third-order valence-electron chi connectivity index (χ3n) is 8.21. The standard InChI is InChI=1S/C27H35N3O3/c1-4-33-27(32)25-26(31)30(24-8-6-5-7-23(24)28-25)22-15-20-13-14-21(16-22)29(20)19-11-9-18(10-12-19)17(2)3/h5-8,18-22H,2,4,9-16H2,1,3H3/t18-,19+,20-,21+,22+. The topological polar surface area (TPSA) is 64.4 Å². The van der Waals surface area contributed by atoms with Crippen LogP contribution in [0.3, 0.4) is 0 Å². The molecule has 3 heterocycles. The highest BCUT2D eigenvalue weighted by Crippen LogP contribution is 2.45. The minimum Gasteiger partial charge on any atom is -0.461 e. The zero-order valence-electron chi connectivity index (χ0n) is 19.8. The number of carbonyl (C=O) groups excluding carboxylic acids is 1. The highest BCUT2D eigenvalue weighted by atomic mass is 16.5. The lowest BCUT2D eigenvalue weighted by Crippen LogP contribution is -2.51. The SMILES string of the molecule is C=C(C)[C@H]1CC[C@@H](N2[C@@H]3CC[C@H]2C[C@@H](n2c(=O)c(C(=O)OCC)nc4ccccc42)C3)CC1. The molecule has 2 aliphatic heterocycles. The largest absolute Gasteiger partial charge is 0.461 e. The van der Waals surface area contributed by atoms with Gasteiger partial charge in [0.05, 0.1) is 17.6 Å². The van der Waals surface area contributed by atoms with Gasteiger partial charge in [-0.25, -0.2) is 9.78 Å². The Morgan fingerprint density at radius 1 is 1.03 bits per heavy atom. The van der Waals surface area contributed by atoms with Crippen molar-refractivity contribution in [3.05, 3.63) is 52.5 Å². The van der Waals surface area contributed by atoms with Crippen molar-refractivity contribution in [1.29, 1.82) is 0 Å². The monoisotopic (exact) mass is 449 g/mol. The summed E-state index contributed by atoms with van der Waals surface area (Å²) in [5, 5.41) is 0. The van der Waals surface area contributed by atoms with E-state index < -0.39 is 5.97 Å². The first-order chi connectivity index (χ1) is 16.0. The van der Waals surface area contributed by atoms with Gasteiger partial charge in [0.1, 0.15) is 0 Å². The van der Waals surface area contributed by atoms with Crippen LogP contribution in [0.1, 0.15) is 81.7 Å². The minimum absolute atomic E-state index is 0.0825. The van der Waals surface area contributed by atoms with Gasteiger partial charge in [-0.2, -0.15) is 0 Å². The Kier molecular flexibility index (Phi) is 6.12. The smallest absolute Gasteiger partial charge is 0.362 e. The normalized spacial score (nSPS) is 29.8. The summed E-state index contributed by atoms with van der Waals surface area (Å²) >= 11 is 0. The summed E-state index contributed by atoms with van der Waals surface area (Å²) in [5.41, 5.74) is 2.41. The maximum absolute atomic E-state index is 13.5. The Hall–Kier alpha value is -2.47. The Bertz CT molecular complexity index is 1100. The van der Waals surface area contributed by atoms with E-state index in [-0.39, 0.29) is 23.9 Å². The molecule has 0 unspecified atom stereocenters. The fourth-order valence-corrected chi connectivity index (χ4v) is 6.71. The van der Waals surface area contributed by atoms with Gasteiger partial charge in [0.2, 0.25) is 5.69 Å². The molecule has 1 aliphatic carbocycles. The molecule has 2 aromatic rings. The zero-order valence-corrected chi connectivity index (χ0v) is 19.8. The molecule has 1 saturated carbocycles. The number of benzene rings is 1. The van der Waals surface area contributed by atoms with Crippen LogP contribution in [0.15, 0.2) is 41.2 Å². The third kappa shape index (κ3) is 4.03. The van der Waals surface area contributed by atoms with Gasteiger partial charge in [-0.3, -0.25) is 9.69 Å². The molecule has 3 fully saturated rings. The van der Waals surface area contributed by atoms with E-state index in [0.29, 0.717) is 29.6 Å². The van der Waals surface area contributed by atoms with Crippen molar-refractivity contribution in [2.45, 2.75) is 89.4 Å². The summed E-state index contributed by atoms with van der Waals surface area (Å²) in [6, 6.07) is 9.40. The number of carbonyl (C=O) groups is 1. The molecule has 1 aromatic carbocycles. The number of aromatic nitrogens is 2. The second-order valence-corrected chi connectivity index (χ2v) is 10.2. The van der Waals surface area contributed by atoms with E-state index >= 15 is 0 Å². The number of para-hydroxylation sites is 2. The number of nitrogens with zero attached hydrogens (tertiary/aromatic N) is 3. The number of piperidine rings is 1. The molecule has 0 radical (unpaired) electrons. The van der Waals surface area contributed by atoms with Gasteiger partial charge >= 0.3 is 5.97 Å². The highest BCUT2D eigenvalue weighted by molar-refractivity contribution is 5.89. The van der Waals surface area contributed by atoms with E-state index in [1.807, 2.05) is 28.8 Å². The van der Waals surface area contributed by atoms with Gasteiger partial charge in [0, 0.05) is 24.2 Å². The van der Waals surface area contributed by atoms with Crippen molar-refractivity contribution in [2.24, 2.45) is 5.92 Å². The first-order valence-corrected chi connectivity index (χ1v) is 12.6. The van der Waals surface area contributed by atoms with Crippen molar-refractivity contribution >= 4 is 17.0 Å². The van der Waals surface area contributed by atoms with Crippen LogP contribution in [0.4, 0.5) is 0 Å². The number of rotatable bonds is 5. The molecule has 33 heavy (non-hydrogen) atoms. The first kappa shape index (κ1) is 22.3. The maximum Gasteiger partial charge on any atom is 0.362 e. The Labute approximate surface area is 195 Å². The minimum atomic E-state index is -0.628. The van der Waals surface area contributed by atoms with Crippen molar-refractivity contribution in [3.63, 3.8) is 0 Å². The van der Waals surface area contributed by atoms with Crippen molar-refractivity contribution in [2.75, 3.05) is 6.61 Å². The fourth-order valence-electron chi connectivity index (χ4n) is 6.71. The van der Waals surface area contributed by atoms with Gasteiger partial charge in [-0.15, -0.1) is 0 Å². The molecule has 6 heteroatoms. The van der Waals surface area contributed by atoms with Gasteiger partial charge in [-0.05, 0) is 83.3 Å². The van der Waals surface area contributed by atoms with Crippen LogP contribution in [0, 0.1) is 5.92 Å². The van der Waals surface area contributed by atoms with Crippen molar-refractivity contribution in [3.8, 4) is 0 Å². The lowest BCUT2D eigenvalue weighted by atomic mass is 9.80. The second kappa shape index (κ2) is 9.05. The molecule has 6 nitrogen and oxygen atoms in total. The van der Waals surface area contributed by atoms with Crippen molar-refractivity contribution in [1.82, 2.24) is 14.5 Å². The molecular weight excluding hydrogens is 414 g/mol. The molecule has 0 spiro atoms. The van der Waals surface area contributed by atoms with Crippen LogP contribution in [0.25, 0.3) is 11.0 Å². The molecule has 176 valence electrons. The lowest BCUT2D eigenvalue weighted by molar-refractivity contribution is 0.0394.